The van der Waals surface area contributed by atoms with Gasteiger partial charge in [-0.1, -0.05) is 6.92 Å². The van der Waals surface area contributed by atoms with Crippen LogP contribution in [0.5, 0.6) is 0 Å². The van der Waals surface area contributed by atoms with E-state index < -0.39 is 5.97 Å². The molecule has 0 bridgehead atoms. The maximum atomic E-state index is 10.7. The number of carbonyl (C=O) groups is 1. The van der Waals surface area contributed by atoms with Crippen LogP contribution in [0.4, 0.5) is 5.95 Å². The van der Waals surface area contributed by atoms with Gasteiger partial charge in [0.2, 0.25) is 5.95 Å². The third kappa shape index (κ3) is 2.18. The van der Waals surface area contributed by atoms with Crippen molar-refractivity contribution in [1.29, 1.82) is 0 Å². The van der Waals surface area contributed by atoms with Gasteiger partial charge in [-0.15, -0.1) is 0 Å². The molecule has 0 radical (unpaired) electrons. The number of hydrogen-bond donors (Lipinski definition) is 1. The molecule has 5 heteroatoms. The topological polar surface area (TPSA) is 66.3 Å². The zero-order chi connectivity index (χ0) is 10.7. The van der Waals surface area contributed by atoms with E-state index in [2.05, 4.69) is 9.97 Å². The maximum Gasteiger partial charge on any atom is 0.354 e. The van der Waals surface area contributed by atoms with Crippen molar-refractivity contribution in [3.8, 4) is 0 Å². The van der Waals surface area contributed by atoms with Gasteiger partial charge in [0.15, 0.2) is 5.69 Å². The van der Waals surface area contributed by atoms with E-state index in [0.29, 0.717) is 12.4 Å². The minimum Gasteiger partial charge on any atom is -0.477 e. The fourth-order valence-corrected chi connectivity index (χ4v) is 0.974. The highest BCUT2D eigenvalue weighted by Crippen LogP contribution is 2.08. The summed E-state index contributed by atoms with van der Waals surface area (Å²) in [5.41, 5.74) is 0.779. The Hall–Kier alpha value is -1.65. The van der Waals surface area contributed by atoms with Crippen molar-refractivity contribution in [2.45, 2.75) is 13.3 Å². The van der Waals surface area contributed by atoms with Crippen molar-refractivity contribution < 1.29 is 9.90 Å². The van der Waals surface area contributed by atoms with E-state index in [-0.39, 0.29) is 5.69 Å². The van der Waals surface area contributed by atoms with E-state index in [1.54, 1.807) is 19.0 Å². The second kappa shape index (κ2) is 4.04. The van der Waals surface area contributed by atoms with Gasteiger partial charge in [-0.05, 0) is 12.5 Å². The van der Waals surface area contributed by atoms with Crippen LogP contribution in [0, 0.1) is 0 Å². The Morgan fingerprint density at radius 3 is 2.57 bits per heavy atom. The molecule has 0 aliphatic carbocycles. The Bertz CT molecular complexity index is 350. The van der Waals surface area contributed by atoms with E-state index in [1.165, 1.54) is 6.07 Å². The average Bonchev–Trinajstić information content (AvgIpc) is 2.16. The quantitative estimate of drug-likeness (QED) is 0.772. The van der Waals surface area contributed by atoms with E-state index in [0.717, 1.165) is 5.69 Å². The smallest absolute Gasteiger partial charge is 0.354 e. The minimum atomic E-state index is -1.02. The van der Waals surface area contributed by atoms with Crippen LogP contribution in [-0.4, -0.2) is 35.1 Å². The molecular weight excluding hydrogens is 182 g/mol. The molecule has 1 rings (SSSR count). The lowest BCUT2D eigenvalue weighted by Crippen LogP contribution is -2.16. The SMILES string of the molecule is CCc1cc(C(=O)O)nc(N(C)C)n1. The van der Waals surface area contributed by atoms with Crippen molar-refractivity contribution in [3.05, 3.63) is 17.5 Å². The number of rotatable bonds is 3. The van der Waals surface area contributed by atoms with Crippen molar-refractivity contribution in [3.63, 3.8) is 0 Å². The highest BCUT2D eigenvalue weighted by atomic mass is 16.4. The number of aryl methyl sites for hydroxylation is 1. The third-order valence-corrected chi connectivity index (χ3v) is 1.75. The first-order valence-corrected chi connectivity index (χ1v) is 4.33. The standard InChI is InChI=1S/C9H13N3O2/c1-4-6-5-7(8(13)14)11-9(10-6)12(2)3/h5H,4H2,1-3H3,(H,13,14). The van der Waals surface area contributed by atoms with Crippen LogP contribution in [0.1, 0.15) is 23.1 Å². The Balaban J connectivity index is 3.20. The van der Waals surface area contributed by atoms with Crippen LogP contribution in [0.3, 0.4) is 0 Å². The average molecular weight is 195 g/mol. The van der Waals surface area contributed by atoms with Crippen molar-refractivity contribution in [2.75, 3.05) is 19.0 Å². The molecule has 0 saturated heterocycles. The first kappa shape index (κ1) is 10.4. The van der Waals surface area contributed by atoms with Gasteiger partial charge in [0.25, 0.3) is 0 Å². The first-order valence-electron chi connectivity index (χ1n) is 4.33. The van der Waals surface area contributed by atoms with Gasteiger partial charge >= 0.3 is 5.97 Å². The number of carboxylic acid groups (broad SMARTS) is 1. The molecule has 1 aromatic heterocycles. The zero-order valence-corrected chi connectivity index (χ0v) is 8.48. The molecule has 14 heavy (non-hydrogen) atoms. The summed E-state index contributed by atoms with van der Waals surface area (Å²) in [6.45, 7) is 1.92. The fourth-order valence-electron chi connectivity index (χ4n) is 0.974. The van der Waals surface area contributed by atoms with Gasteiger partial charge in [0.05, 0.1) is 0 Å². The normalized spacial score (nSPS) is 9.93. The summed E-state index contributed by atoms with van der Waals surface area (Å²) >= 11 is 0. The van der Waals surface area contributed by atoms with Crippen LogP contribution in [0.15, 0.2) is 6.07 Å². The number of hydrogen-bond acceptors (Lipinski definition) is 4. The lowest BCUT2D eigenvalue weighted by atomic mass is 10.3. The molecule has 0 unspecified atom stereocenters. The molecule has 1 N–H and O–H groups in total. The molecule has 1 aromatic rings. The molecule has 76 valence electrons. The Kier molecular flexibility index (Phi) is 3.01. The lowest BCUT2D eigenvalue weighted by molar-refractivity contribution is 0.0690. The highest BCUT2D eigenvalue weighted by molar-refractivity contribution is 5.85. The molecule has 0 atom stereocenters. The molecule has 0 amide bonds. The van der Waals surface area contributed by atoms with Crippen molar-refractivity contribution in [1.82, 2.24) is 9.97 Å². The molecule has 0 spiro atoms. The summed E-state index contributed by atoms with van der Waals surface area (Å²) in [7, 11) is 3.56. The number of aromatic carboxylic acids is 1. The minimum absolute atomic E-state index is 0.0422. The molecule has 0 saturated carbocycles. The molecule has 0 aliphatic heterocycles. The molecule has 0 aliphatic rings. The number of carboxylic acids is 1. The van der Waals surface area contributed by atoms with Crippen LogP contribution in [0.25, 0.3) is 0 Å². The monoisotopic (exact) mass is 195 g/mol. The second-order valence-corrected chi connectivity index (χ2v) is 3.10. The summed E-state index contributed by atoms with van der Waals surface area (Å²) in [6, 6.07) is 1.50. The van der Waals surface area contributed by atoms with Crippen LogP contribution in [0.2, 0.25) is 0 Å². The highest BCUT2D eigenvalue weighted by Gasteiger charge is 2.10. The third-order valence-electron chi connectivity index (χ3n) is 1.75. The van der Waals surface area contributed by atoms with Gasteiger partial charge in [-0.25, -0.2) is 14.8 Å². The van der Waals surface area contributed by atoms with Crippen LogP contribution < -0.4 is 4.90 Å². The predicted octanol–water partition coefficient (Wildman–Crippen LogP) is 0.803. The van der Waals surface area contributed by atoms with Gasteiger partial charge < -0.3 is 10.0 Å². The summed E-state index contributed by atoms with van der Waals surface area (Å²) in [5.74, 6) is -0.591. The number of aromatic nitrogens is 2. The molecule has 0 fully saturated rings. The fraction of sp³-hybridized carbons (Fsp3) is 0.444. The Morgan fingerprint density at radius 1 is 1.50 bits per heavy atom. The number of anilines is 1. The summed E-state index contributed by atoms with van der Waals surface area (Å²) < 4.78 is 0. The number of nitrogens with zero attached hydrogens (tertiary/aromatic N) is 3. The zero-order valence-electron chi connectivity index (χ0n) is 8.48. The van der Waals surface area contributed by atoms with E-state index >= 15 is 0 Å². The van der Waals surface area contributed by atoms with E-state index in [4.69, 9.17) is 5.11 Å². The first-order chi connectivity index (χ1) is 6.54. The predicted molar refractivity (Wildman–Crippen MR) is 52.7 cm³/mol. The van der Waals surface area contributed by atoms with E-state index in [1.807, 2.05) is 6.92 Å². The summed E-state index contributed by atoms with van der Waals surface area (Å²) in [6.07, 6.45) is 0.698. The van der Waals surface area contributed by atoms with Gasteiger partial charge in [-0.2, -0.15) is 0 Å². The summed E-state index contributed by atoms with van der Waals surface area (Å²) in [4.78, 5) is 20.5. The Labute approximate surface area is 82.4 Å². The largest absolute Gasteiger partial charge is 0.477 e. The van der Waals surface area contributed by atoms with Gasteiger partial charge in [-0.3, -0.25) is 0 Å². The van der Waals surface area contributed by atoms with Crippen molar-refractivity contribution >= 4 is 11.9 Å². The molecular formula is C9H13N3O2. The van der Waals surface area contributed by atoms with E-state index in [9.17, 15) is 4.79 Å². The molecule has 5 nitrogen and oxygen atoms in total. The second-order valence-electron chi connectivity index (χ2n) is 3.10. The molecule has 1 heterocycles. The molecule has 0 aromatic carbocycles. The van der Waals surface area contributed by atoms with Crippen molar-refractivity contribution in [2.24, 2.45) is 0 Å². The van der Waals surface area contributed by atoms with Crippen LogP contribution in [-0.2, 0) is 6.42 Å². The van der Waals surface area contributed by atoms with Gasteiger partial charge in [0, 0.05) is 19.8 Å². The van der Waals surface area contributed by atoms with Crippen LogP contribution >= 0.6 is 0 Å². The Morgan fingerprint density at radius 2 is 2.14 bits per heavy atom. The summed E-state index contributed by atoms with van der Waals surface area (Å²) in [5, 5.41) is 8.80. The van der Waals surface area contributed by atoms with Gasteiger partial charge in [0.1, 0.15) is 0 Å². The maximum absolute atomic E-state index is 10.7. The lowest BCUT2D eigenvalue weighted by Gasteiger charge is -2.11.